The fourth-order valence-electron chi connectivity index (χ4n) is 5.51. The summed E-state index contributed by atoms with van der Waals surface area (Å²) in [5, 5.41) is 12.7. The molecule has 0 unspecified atom stereocenters. The Balaban J connectivity index is 1.39. The number of likely N-dealkylation sites (tertiary alicyclic amines) is 1. The molecule has 2 saturated heterocycles. The van der Waals surface area contributed by atoms with E-state index in [0.717, 1.165) is 48.7 Å². The van der Waals surface area contributed by atoms with Gasteiger partial charge >= 0.3 is 6.18 Å². The van der Waals surface area contributed by atoms with Gasteiger partial charge in [-0.15, -0.1) is 0 Å². The largest absolute Gasteiger partial charge is 0.416 e. The van der Waals surface area contributed by atoms with Crippen LogP contribution in [0.2, 0.25) is 0 Å². The van der Waals surface area contributed by atoms with Gasteiger partial charge in [0.25, 0.3) is 0 Å². The van der Waals surface area contributed by atoms with E-state index in [4.69, 9.17) is 0 Å². The third-order valence-electron chi connectivity index (χ3n) is 8.02. The van der Waals surface area contributed by atoms with Gasteiger partial charge in [-0.05, 0) is 74.3 Å². The Morgan fingerprint density at radius 3 is 2.46 bits per heavy atom. The number of nitriles is 1. The summed E-state index contributed by atoms with van der Waals surface area (Å²) < 4.78 is 41.6. The maximum absolute atomic E-state index is 13.7. The van der Waals surface area contributed by atoms with E-state index in [2.05, 4.69) is 15.2 Å². The SMILES string of the molecule is Cn1cccc1-c1ccc(C2(C(=O)NCCN3CCC3)CCN(c3ccc(C(F)(F)F)cc3C#N)CC2)cn1. The Labute approximate surface area is 225 Å². The summed E-state index contributed by atoms with van der Waals surface area (Å²) >= 11 is 0. The Kier molecular flexibility index (Phi) is 7.36. The molecule has 1 N–H and O–H groups in total. The summed E-state index contributed by atoms with van der Waals surface area (Å²) in [7, 11) is 1.95. The first kappa shape index (κ1) is 26.8. The predicted octanol–water partition coefficient (Wildman–Crippen LogP) is 4.34. The molecule has 7 nitrogen and oxygen atoms in total. The van der Waals surface area contributed by atoms with Gasteiger partial charge < -0.3 is 19.7 Å². The van der Waals surface area contributed by atoms with E-state index < -0.39 is 17.2 Å². The number of hydrogen-bond donors (Lipinski definition) is 1. The van der Waals surface area contributed by atoms with Crippen molar-refractivity contribution in [1.82, 2.24) is 19.8 Å². The first-order valence-corrected chi connectivity index (χ1v) is 13.2. The van der Waals surface area contributed by atoms with Crippen LogP contribution in [-0.4, -0.2) is 59.6 Å². The number of carbonyl (C=O) groups is 1. The van der Waals surface area contributed by atoms with Crippen molar-refractivity contribution in [2.24, 2.45) is 7.05 Å². The number of hydrogen-bond acceptors (Lipinski definition) is 5. The van der Waals surface area contributed by atoms with E-state index in [1.54, 1.807) is 6.20 Å². The Hall–Kier alpha value is -3.84. The highest BCUT2D eigenvalue weighted by molar-refractivity contribution is 5.88. The molecule has 39 heavy (non-hydrogen) atoms. The Morgan fingerprint density at radius 1 is 1.13 bits per heavy atom. The van der Waals surface area contributed by atoms with E-state index in [9.17, 15) is 23.2 Å². The zero-order valence-corrected chi connectivity index (χ0v) is 21.8. The summed E-state index contributed by atoms with van der Waals surface area (Å²) in [5.74, 6) is -0.0657. The quantitative estimate of drug-likeness (QED) is 0.486. The number of aromatic nitrogens is 2. The molecule has 3 aromatic rings. The summed E-state index contributed by atoms with van der Waals surface area (Å²) in [5.41, 5.74) is 1.34. The first-order chi connectivity index (χ1) is 18.7. The lowest BCUT2D eigenvalue weighted by molar-refractivity contribution is -0.137. The van der Waals surface area contributed by atoms with Crippen molar-refractivity contribution < 1.29 is 18.0 Å². The average molecular weight is 537 g/mol. The van der Waals surface area contributed by atoms with Crippen LogP contribution in [0, 0.1) is 11.3 Å². The molecule has 204 valence electrons. The molecule has 0 atom stereocenters. The molecular formula is C29H31F3N6O. The van der Waals surface area contributed by atoms with Gasteiger partial charge in [-0.2, -0.15) is 18.4 Å². The number of nitrogens with zero attached hydrogens (tertiary/aromatic N) is 5. The maximum Gasteiger partial charge on any atom is 0.416 e. The molecule has 0 radical (unpaired) electrons. The van der Waals surface area contributed by atoms with Crippen LogP contribution in [0.4, 0.5) is 18.9 Å². The number of carbonyl (C=O) groups excluding carboxylic acids is 1. The summed E-state index contributed by atoms with van der Waals surface area (Å²) in [6.45, 7) is 4.29. The second-order valence-electron chi connectivity index (χ2n) is 10.3. The fourth-order valence-corrected chi connectivity index (χ4v) is 5.51. The molecule has 0 bridgehead atoms. The standard InChI is InChI=1S/C29H31F3N6O/c1-36-12-2-4-26(36)24-7-5-23(20-35-24)28(27(39)34-11-17-37-13-3-14-37)9-15-38(16-10-28)25-8-6-22(29(30,31)32)18-21(25)19-33/h2,4-8,12,18,20H,3,9-11,13-17H2,1H3,(H,34,39). The number of anilines is 1. The Bertz CT molecular complexity index is 1360. The van der Waals surface area contributed by atoms with Crippen molar-refractivity contribution in [1.29, 1.82) is 5.26 Å². The average Bonchev–Trinajstić information content (AvgIpc) is 3.35. The van der Waals surface area contributed by atoms with Gasteiger partial charge in [0.2, 0.25) is 5.91 Å². The molecule has 2 aromatic heterocycles. The summed E-state index contributed by atoms with van der Waals surface area (Å²) in [6, 6.07) is 13.0. The van der Waals surface area contributed by atoms with Crippen LogP contribution < -0.4 is 10.2 Å². The third-order valence-corrected chi connectivity index (χ3v) is 8.02. The molecular weight excluding hydrogens is 505 g/mol. The van der Waals surface area contributed by atoms with Gasteiger partial charge in [-0.3, -0.25) is 9.78 Å². The number of alkyl halides is 3. The van der Waals surface area contributed by atoms with Crippen LogP contribution >= 0.6 is 0 Å². The molecule has 2 aliphatic heterocycles. The van der Waals surface area contributed by atoms with E-state index in [1.807, 2.05) is 53.0 Å². The van der Waals surface area contributed by atoms with Crippen LogP contribution in [0.25, 0.3) is 11.4 Å². The number of piperidine rings is 1. The van der Waals surface area contributed by atoms with Gasteiger partial charge in [0.15, 0.2) is 0 Å². The third kappa shape index (κ3) is 5.36. The van der Waals surface area contributed by atoms with Crippen molar-refractivity contribution in [3.63, 3.8) is 0 Å². The number of rotatable bonds is 7. The molecule has 10 heteroatoms. The molecule has 2 fully saturated rings. The molecule has 1 aromatic carbocycles. The Morgan fingerprint density at radius 2 is 1.90 bits per heavy atom. The predicted molar refractivity (Wildman–Crippen MR) is 142 cm³/mol. The summed E-state index contributed by atoms with van der Waals surface area (Å²) in [4.78, 5) is 22.6. The van der Waals surface area contributed by atoms with Crippen molar-refractivity contribution in [3.05, 3.63) is 71.5 Å². The molecule has 4 heterocycles. The minimum atomic E-state index is -4.52. The highest BCUT2D eigenvalue weighted by Gasteiger charge is 2.43. The van der Waals surface area contributed by atoms with Crippen molar-refractivity contribution in [3.8, 4) is 17.5 Å². The van der Waals surface area contributed by atoms with Crippen LogP contribution in [-0.2, 0) is 23.4 Å². The topological polar surface area (TPSA) is 77.2 Å². The molecule has 0 spiro atoms. The van der Waals surface area contributed by atoms with Gasteiger partial charge in [0, 0.05) is 45.6 Å². The van der Waals surface area contributed by atoms with Crippen molar-refractivity contribution >= 4 is 11.6 Å². The minimum absolute atomic E-state index is 0.0232. The fraction of sp³-hybridized carbons (Fsp3) is 0.414. The van der Waals surface area contributed by atoms with Gasteiger partial charge in [-0.25, -0.2) is 0 Å². The van der Waals surface area contributed by atoms with E-state index >= 15 is 0 Å². The van der Waals surface area contributed by atoms with Crippen LogP contribution in [0.5, 0.6) is 0 Å². The second kappa shape index (κ2) is 10.7. The van der Waals surface area contributed by atoms with E-state index in [-0.39, 0.29) is 11.5 Å². The van der Waals surface area contributed by atoms with Crippen LogP contribution in [0.1, 0.15) is 36.0 Å². The lowest BCUT2D eigenvalue weighted by Gasteiger charge is -2.42. The zero-order valence-electron chi connectivity index (χ0n) is 21.8. The molecule has 1 amide bonds. The van der Waals surface area contributed by atoms with Crippen molar-refractivity contribution in [2.75, 3.05) is 44.2 Å². The highest BCUT2D eigenvalue weighted by Crippen LogP contribution is 2.39. The minimum Gasteiger partial charge on any atom is -0.370 e. The first-order valence-electron chi connectivity index (χ1n) is 13.2. The van der Waals surface area contributed by atoms with Gasteiger partial charge in [0.1, 0.15) is 6.07 Å². The monoisotopic (exact) mass is 536 g/mol. The zero-order chi connectivity index (χ0) is 27.6. The smallest absolute Gasteiger partial charge is 0.370 e. The molecule has 0 aliphatic carbocycles. The van der Waals surface area contributed by atoms with E-state index in [0.29, 0.717) is 38.2 Å². The normalized spacial score (nSPS) is 17.4. The number of halogens is 3. The molecule has 0 saturated carbocycles. The van der Waals surface area contributed by atoms with Gasteiger partial charge in [-0.1, -0.05) is 6.07 Å². The van der Waals surface area contributed by atoms with Gasteiger partial charge in [0.05, 0.1) is 33.6 Å². The number of nitrogens with one attached hydrogen (secondary N) is 1. The van der Waals surface area contributed by atoms with Crippen LogP contribution in [0.15, 0.2) is 54.9 Å². The lowest BCUT2D eigenvalue weighted by atomic mass is 9.72. The second-order valence-corrected chi connectivity index (χ2v) is 10.3. The highest BCUT2D eigenvalue weighted by atomic mass is 19.4. The number of aryl methyl sites for hydroxylation is 1. The summed E-state index contributed by atoms with van der Waals surface area (Å²) in [6.07, 6.45) is 1.27. The number of amides is 1. The maximum atomic E-state index is 13.7. The van der Waals surface area contributed by atoms with E-state index in [1.165, 1.54) is 12.5 Å². The number of benzene rings is 1. The molecule has 5 rings (SSSR count). The van der Waals surface area contributed by atoms with Crippen molar-refractivity contribution in [2.45, 2.75) is 30.9 Å². The van der Waals surface area contributed by atoms with Crippen LogP contribution in [0.3, 0.4) is 0 Å². The lowest BCUT2D eigenvalue weighted by Crippen LogP contribution is -2.53. The number of pyridine rings is 1. The molecule has 2 aliphatic rings.